The molecule has 4 aromatic rings. The summed E-state index contributed by atoms with van der Waals surface area (Å²) in [5.74, 6) is 0.297. The first-order valence-electron chi connectivity index (χ1n) is 13.1. The monoisotopic (exact) mass is 510 g/mol. The number of aromatic nitrogens is 6. The van der Waals surface area contributed by atoms with Crippen LogP contribution in [0.4, 0.5) is 0 Å². The van der Waals surface area contributed by atoms with Gasteiger partial charge in [-0.3, -0.25) is 9.48 Å². The Morgan fingerprint density at radius 1 is 1.16 bits per heavy atom. The smallest absolute Gasteiger partial charge is 0.337 e. The van der Waals surface area contributed by atoms with Crippen LogP contribution in [0.2, 0.25) is 0 Å². The lowest BCUT2D eigenvalue weighted by Gasteiger charge is -2.43. The maximum Gasteiger partial charge on any atom is 0.337 e. The van der Waals surface area contributed by atoms with Crippen LogP contribution in [-0.2, 0) is 27.9 Å². The molecule has 1 N–H and O–H groups in total. The zero-order chi connectivity index (χ0) is 26.3. The molecule has 2 bridgehead atoms. The number of allylic oxidation sites excluding steroid dienone is 1. The number of nitrogens with one attached hydrogen (secondary N) is 1. The molecule has 1 aliphatic carbocycles. The molecule has 7 rings (SSSR count). The number of carbonyl (C=O) groups is 1. The molecule has 4 heterocycles. The Balaban J connectivity index is 1.39. The van der Waals surface area contributed by atoms with Gasteiger partial charge in [0.25, 0.3) is 5.56 Å². The van der Waals surface area contributed by atoms with E-state index in [0.29, 0.717) is 18.7 Å². The molecule has 0 amide bonds. The number of unbranched alkanes of at least 4 members (excludes halogenated alkanes) is 1. The Bertz CT molecular complexity index is 1560. The lowest BCUT2D eigenvalue weighted by atomic mass is 9.83. The van der Waals surface area contributed by atoms with Crippen LogP contribution in [0.25, 0.3) is 22.5 Å². The fourth-order valence-corrected chi connectivity index (χ4v) is 5.97. The molecule has 0 spiro atoms. The van der Waals surface area contributed by atoms with Crippen LogP contribution in [0.1, 0.15) is 55.5 Å². The quantitative estimate of drug-likeness (QED) is 0.281. The minimum Gasteiger partial charge on any atom is -0.467 e. The van der Waals surface area contributed by atoms with Crippen LogP contribution in [0, 0.1) is 0 Å². The second-order valence-electron chi connectivity index (χ2n) is 10.0. The number of benzene rings is 2. The van der Waals surface area contributed by atoms with E-state index >= 15 is 0 Å². The van der Waals surface area contributed by atoms with Gasteiger partial charge in [0.1, 0.15) is 0 Å². The van der Waals surface area contributed by atoms with E-state index in [2.05, 4.69) is 51.8 Å². The number of rotatable bonds is 8. The van der Waals surface area contributed by atoms with E-state index in [4.69, 9.17) is 4.74 Å². The summed E-state index contributed by atoms with van der Waals surface area (Å²) in [5, 5.41) is 14.3. The molecule has 0 saturated heterocycles. The molecular formula is C29H30N6O3. The molecule has 2 atom stereocenters. The van der Waals surface area contributed by atoms with Crippen LogP contribution in [-0.4, -0.2) is 43.1 Å². The number of ether oxygens (including phenoxy) is 1. The average molecular weight is 511 g/mol. The standard InChI is InChI=1S/C29H30N6O3/c1-3-4-9-25-24(27(36)34-21-14-16-29(17-15-21,35(25)34)28(37)38-2)18-19-10-12-20(13-11-19)22-7-5-6-8-23(22)26-30-32-33-31-26/h5-8,10-14,16,21H,3-4,9,15,17-18H2,1-2H3,(H,30,31,32,33). The summed E-state index contributed by atoms with van der Waals surface area (Å²) in [6, 6.07) is 16.2. The van der Waals surface area contributed by atoms with Gasteiger partial charge in [0.2, 0.25) is 0 Å². The molecule has 0 saturated carbocycles. The van der Waals surface area contributed by atoms with Gasteiger partial charge in [0, 0.05) is 23.2 Å². The average Bonchev–Trinajstić information content (AvgIpc) is 3.61. The summed E-state index contributed by atoms with van der Waals surface area (Å²) in [4.78, 5) is 26.9. The summed E-state index contributed by atoms with van der Waals surface area (Å²) in [6.45, 7) is 2.14. The number of H-pyrrole nitrogens is 1. The molecule has 194 valence electrons. The third kappa shape index (κ3) is 3.72. The predicted molar refractivity (Wildman–Crippen MR) is 143 cm³/mol. The first-order valence-corrected chi connectivity index (χ1v) is 13.1. The van der Waals surface area contributed by atoms with E-state index in [1.807, 2.05) is 41.1 Å². The number of hydrogen-bond acceptors (Lipinski definition) is 6. The predicted octanol–water partition coefficient (Wildman–Crippen LogP) is 4.20. The molecule has 9 heteroatoms. The topological polar surface area (TPSA) is 108 Å². The Morgan fingerprint density at radius 2 is 1.95 bits per heavy atom. The van der Waals surface area contributed by atoms with Crippen LogP contribution >= 0.6 is 0 Å². The molecule has 38 heavy (non-hydrogen) atoms. The Hall–Kier alpha value is -4.27. The SMILES string of the molecule is CCCCc1c(Cc2ccc(-c3ccccc3-c3nnn[nH]3)cc2)c(=O)n2n1C1(C(=O)OC)C=CC2CC1. The molecule has 2 aromatic carbocycles. The second kappa shape index (κ2) is 9.55. The van der Waals surface area contributed by atoms with Gasteiger partial charge in [0.15, 0.2) is 11.4 Å². The van der Waals surface area contributed by atoms with E-state index in [9.17, 15) is 9.59 Å². The van der Waals surface area contributed by atoms with Gasteiger partial charge in [-0.05, 0) is 58.9 Å². The van der Waals surface area contributed by atoms with Crippen molar-refractivity contribution in [1.82, 2.24) is 30.0 Å². The number of methoxy groups -OCH3 is 1. The highest BCUT2D eigenvalue weighted by molar-refractivity contribution is 5.82. The number of carbonyl (C=O) groups excluding carboxylic acids is 1. The first kappa shape index (κ1) is 24.1. The van der Waals surface area contributed by atoms with Crippen molar-refractivity contribution in [3.05, 3.63) is 87.9 Å². The first-order chi connectivity index (χ1) is 18.6. The molecule has 2 aromatic heterocycles. The fourth-order valence-electron chi connectivity index (χ4n) is 5.97. The Labute approximate surface area is 220 Å². The largest absolute Gasteiger partial charge is 0.467 e. The van der Waals surface area contributed by atoms with Crippen molar-refractivity contribution in [2.45, 2.75) is 57.0 Å². The van der Waals surface area contributed by atoms with Crippen molar-refractivity contribution in [1.29, 1.82) is 0 Å². The van der Waals surface area contributed by atoms with E-state index in [-0.39, 0.29) is 17.6 Å². The zero-order valence-electron chi connectivity index (χ0n) is 21.6. The van der Waals surface area contributed by atoms with E-state index < -0.39 is 5.54 Å². The summed E-state index contributed by atoms with van der Waals surface area (Å²) >= 11 is 0. The zero-order valence-corrected chi connectivity index (χ0v) is 21.6. The summed E-state index contributed by atoms with van der Waals surface area (Å²) in [7, 11) is 1.42. The minimum atomic E-state index is -0.951. The molecule has 0 radical (unpaired) electrons. The normalized spacial score (nSPS) is 19.5. The van der Waals surface area contributed by atoms with Gasteiger partial charge >= 0.3 is 5.97 Å². The van der Waals surface area contributed by atoms with Crippen molar-refractivity contribution in [2.75, 3.05) is 7.11 Å². The van der Waals surface area contributed by atoms with Crippen molar-refractivity contribution in [3.63, 3.8) is 0 Å². The molecule has 2 aliphatic heterocycles. The van der Waals surface area contributed by atoms with Gasteiger partial charge < -0.3 is 4.74 Å². The maximum atomic E-state index is 13.8. The minimum absolute atomic E-state index is 0.00864. The van der Waals surface area contributed by atoms with E-state index in [0.717, 1.165) is 59.2 Å². The maximum absolute atomic E-state index is 13.8. The van der Waals surface area contributed by atoms with Crippen molar-refractivity contribution in [2.24, 2.45) is 0 Å². The van der Waals surface area contributed by atoms with Crippen LogP contribution < -0.4 is 5.56 Å². The van der Waals surface area contributed by atoms with Crippen molar-refractivity contribution >= 4 is 5.97 Å². The van der Waals surface area contributed by atoms with Gasteiger partial charge in [0.05, 0.1) is 13.2 Å². The van der Waals surface area contributed by atoms with E-state index in [1.165, 1.54) is 7.11 Å². The van der Waals surface area contributed by atoms with Gasteiger partial charge in [-0.1, -0.05) is 68.0 Å². The van der Waals surface area contributed by atoms with E-state index in [1.54, 1.807) is 4.68 Å². The Morgan fingerprint density at radius 3 is 2.61 bits per heavy atom. The summed E-state index contributed by atoms with van der Waals surface area (Å²) in [5.41, 5.74) is 4.76. The van der Waals surface area contributed by atoms with Crippen LogP contribution in [0.5, 0.6) is 0 Å². The number of fused-ring (bicyclic) bond motifs is 1. The fraction of sp³-hybridized carbons (Fsp3) is 0.345. The number of aromatic amines is 1. The molecule has 0 fully saturated rings. The lowest BCUT2D eigenvalue weighted by molar-refractivity contribution is -0.152. The van der Waals surface area contributed by atoms with Crippen molar-refractivity contribution in [3.8, 4) is 22.5 Å². The number of hydrogen-bond donors (Lipinski definition) is 1. The highest BCUT2D eigenvalue weighted by atomic mass is 16.5. The van der Waals surface area contributed by atoms with Crippen LogP contribution in [0.3, 0.4) is 0 Å². The second-order valence-corrected chi connectivity index (χ2v) is 10.0. The number of esters is 1. The molecule has 9 nitrogen and oxygen atoms in total. The lowest BCUT2D eigenvalue weighted by Crippen LogP contribution is -2.53. The molecule has 2 unspecified atom stereocenters. The third-order valence-corrected chi connectivity index (χ3v) is 7.87. The van der Waals surface area contributed by atoms with Gasteiger partial charge in [-0.15, -0.1) is 5.10 Å². The van der Waals surface area contributed by atoms with Gasteiger partial charge in [-0.2, -0.15) is 0 Å². The summed E-state index contributed by atoms with van der Waals surface area (Å²) in [6.07, 6.45) is 8.51. The highest BCUT2D eigenvalue weighted by Gasteiger charge is 2.50. The Kier molecular flexibility index (Phi) is 6.06. The number of nitrogens with zero attached hydrogens (tertiary/aromatic N) is 5. The van der Waals surface area contributed by atoms with Crippen molar-refractivity contribution < 1.29 is 9.53 Å². The molecule has 3 aliphatic rings. The molecular weight excluding hydrogens is 480 g/mol. The highest BCUT2D eigenvalue weighted by Crippen LogP contribution is 2.42. The summed E-state index contributed by atoms with van der Waals surface area (Å²) < 4.78 is 9.01. The number of tetrazole rings is 1. The third-order valence-electron chi connectivity index (χ3n) is 7.87. The van der Waals surface area contributed by atoms with Crippen LogP contribution in [0.15, 0.2) is 65.5 Å². The van der Waals surface area contributed by atoms with Gasteiger partial charge in [-0.25, -0.2) is 14.6 Å².